The van der Waals surface area contributed by atoms with E-state index in [1.165, 1.54) is 17.0 Å². The number of esters is 1. The number of hydrogen-bond acceptors (Lipinski definition) is 7. The Morgan fingerprint density at radius 1 is 0.755 bits per heavy atom. The Labute approximate surface area is 289 Å². The van der Waals surface area contributed by atoms with Gasteiger partial charge in [-0.05, 0) is 90.1 Å². The van der Waals surface area contributed by atoms with Gasteiger partial charge in [0.05, 0.1) is 0 Å². The Kier molecular flexibility index (Phi) is 11.7. The number of hydrogen-bond donors (Lipinski definition) is 3. The third-order valence-electron chi connectivity index (χ3n) is 7.77. The number of nitrogens with one attached hydrogen (secondary N) is 2. The summed E-state index contributed by atoms with van der Waals surface area (Å²) in [6.45, 7) is 12.4. The molecule has 10 nitrogen and oxygen atoms in total. The molecule has 4 rings (SSSR count). The summed E-state index contributed by atoms with van der Waals surface area (Å²) in [6.07, 6.45) is 0.824. The minimum absolute atomic E-state index is 0.0671. The van der Waals surface area contributed by atoms with Crippen LogP contribution in [0.15, 0.2) is 78.9 Å². The summed E-state index contributed by atoms with van der Waals surface area (Å²) < 4.78 is 11.2. The van der Waals surface area contributed by atoms with Crippen LogP contribution in [0, 0.1) is 6.92 Å². The van der Waals surface area contributed by atoms with Crippen LogP contribution in [0.5, 0.6) is 5.75 Å². The first-order chi connectivity index (χ1) is 23.0. The van der Waals surface area contributed by atoms with E-state index in [1.807, 2.05) is 49.4 Å². The van der Waals surface area contributed by atoms with Crippen molar-refractivity contribution in [1.82, 2.24) is 15.5 Å². The fraction of sp³-hybridized carbons (Fsp3) is 0.436. The van der Waals surface area contributed by atoms with Crippen LogP contribution in [-0.2, 0) is 36.7 Å². The standard InChI is InChI=1S/C39H49N3O7/c1-25-13-17-28(18-14-25)33(34(44)40-32(36(46)48-38(2,3)4)24-26-11-9-8-10-12-26)42(29-19-20-29)35(45)31(41-37(47)49-39(5,6)7)23-27-15-21-30(43)22-16-27/h8-18,21-22,29,31-33,43H,19-20,23-24H2,1-7H3,(H,40,44)(H,41,47). The number of ether oxygens (including phenoxy) is 2. The SMILES string of the molecule is Cc1ccc(C(C(=O)NC(Cc2ccccc2)C(=O)OC(C)(C)C)N(C(=O)C(Cc2ccc(O)cc2)NC(=O)OC(C)(C)C)C2CC2)cc1. The summed E-state index contributed by atoms with van der Waals surface area (Å²) in [5.41, 5.74) is 1.44. The number of aryl methyl sites for hydroxylation is 1. The maximum absolute atomic E-state index is 14.7. The van der Waals surface area contributed by atoms with E-state index >= 15 is 0 Å². The second-order valence-electron chi connectivity index (χ2n) is 14.6. The zero-order chi connectivity index (χ0) is 35.9. The summed E-state index contributed by atoms with van der Waals surface area (Å²) in [6, 6.07) is 19.5. The van der Waals surface area contributed by atoms with Gasteiger partial charge >= 0.3 is 12.1 Å². The molecule has 3 aromatic carbocycles. The van der Waals surface area contributed by atoms with Crippen LogP contribution in [-0.4, -0.2) is 63.2 Å². The average molecular weight is 672 g/mol. The van der Waals surface area contributed by atoms with Gasteiger partial charge in [-0.15, -0.1) is 0 Å². The molecule has 0 spiro atoms. The molecule has 262 valence electrons. The highest BCUT2D eigenvalue weighted by Gasteiger charge is 2.45. The van der Waals surface area contributed by atoms with Crippen molar-refractivity contribution in [3.8, 4) is 5.75 Å². The maximum Gasteiger partial charge on any atom is 0.408 e. The normalized spacial score (nSPS) is 14.9. The van der Waals surface area contributed by atoms with E-state index in [0.717, 1.165) is 11.1 Å². The molecule has 0 aromatic heterocycles. The van der Waals surface area contributed by atoms with Crippen LogP contribution in [0.2, 0.25) is 0 Å². The zero-order valence-corrected chi connectivity index (χ0v) is 29.5. The second kappa shape index (κ2) is 15.6. The summed E-state index contributed by atoms with van der Waals surface area (Å²) in [5.74, 6) is -1.54. The topological polar surface area (TPSA) is 134 Å². The number of nitrogens with zero attached hydrogens (tertiary/aromatic N) is 1. The van der Waals surface area contributed by atoms with Gasteiger partial charge in [-0.1, -0.05) is 72.3 Å². The molecule has 49 heavy (non-hydrogen) atoms. The van der Waals surface area contributed by atoms with Gasteiger partial charge < -0.3 is 30.1 Å². The van der Waals surface area contributed by atoms with E-state index in [4.69, 9.17) is 9.47 Å². The molecule has 0 bridgehead atoms. The number of rotatable bonds is 12. The van der Waals surface area contributed by atoms with Gasteiger partial charge in [0, 0.05) is 18.9 Å². The number of phenols is 1. The van der Waals surface area contributed by atoms with Crippen molar-refractivity contribution in [1.29, 1.82) is 0 Å². The summed E-state index contributed by atoms with van der Waals surface area (Å²) in [5, 5.41) is 15.5. The molecule has 1 fully saturated rings. The van der Waals surface area contributed by atoms with Crippen LogP contribution in [0.3, 0.4) is 0 Å². The molecule has 3 atom stereocenters. The van der Waals surface area contributed by atoms with Gasteiger partial charge in [0.25, 0.3) is 0 Å². The second-order valence-corrected chi connectivity index (χ2v) is 14.6. The Morgan fingerprint density at radius 2 is 1.31 bits per heavy atom. The molecular formula is C39H49N3O7. The quantitative estimate of drug-likeness (QED) is 0.203. The minimum Gasteiger partial charge on any atom is -0.508 e. The average Bonchev–Trinajstić information content (AvgIpc) is 3.84. The fourth-order valence-corrected chi connectivity index (χ4v) is 5.42. The maximum atomic E-state index is 14.7. The molecule has 0 saturated heterocycles. The molecule has 1 aliphatic carbocycles. The largest absolute Gasteiger partial charge is 0.508 e. The summed E-state index contributed by atoms with van der Waals surface area (Å²) in [4.78, 5) is 57.4. The van der Waals surface area contributed by atoms with Gasteiger partial charge in [0.15, 0.2) is 0 Å². The first-order valence-electron chi connectivity index (χ1n) is 16.7. The highest BCUT2D eigenvalue weighted by Crippen LogP contribution is 2.36. The van der Waals surface area contributed by atoms with E-state index in [2.05, 4.69) is 10.6 Å². The van der Waals surface area contributed by atoms with Crippen molar-refractivity contribution in [2.75, 3.05) is 0 Å². The lowest BCUT2D eigenvalue weighted by atomic mass is 9.98. The van der Waals surface area contributed by atoms with E-state index in [-0.39, 0.29) is 24.6 Å². The Hall–Kier alpha value is -4.86. The lowest BCUT2D eigenvalue weighted by Gasteiger charge is -2.35. The highest BCUT2D eigenvalue weighted by atomic mass is 16.6. The van der Waals surface area contributed by atoms with E-state index in [0.29, 0.717) is 24.0 Å². The van der Waals surface area contributed by atoms with Gasteiger partial charge in [0.2, 0.25) is 11.8 Å². The van der Waals surface area contributed by atoms with Crippen LogP contribution >= 0.6 is 0 Å². The molecule has 3 aromatic rings. The molecule has 0 radical (unpaired) electrons. The van der Waals surface area contributed by atoms with Crippen molar-refractivity contribution in [3.05, 3.63) is 101 Å². The molecule has 3 unspecified atom stereocenters. The van der Waals surface area contributed by atoms with Crippen molar-refractivity contribution in [2.24, 2.45) is 0 Å². The predicted octanol–water partition coefficient (Wildman–Crippen LogP) is 5.94. The molecule has 10 heteroatoms. The summed E-state index contributed by atoms with van der Waals surface area (Å²) >= 11 is 0. The lowest BCUT2D eigenvalue weighted by Crippen LogP contribution is -2.56. The van der Waals surface area contributed by atoms with Crippen LogP contribution in [0.25, 0.3) is 0 Å². The van der Waals surface area contributed by atoms with E-state index in [1.54, 1.807) is 65.8 Å². The van der Waals surface area contributed by atoms with Gasteiger partial charge in [-0.3, -0.25) is 9.59 Å². The third-order valence-corrected chi connectivity index (χ3v) is 7.77. The first-order valence-corrected chi connectivity index (χ1v) is 16.7. The predicted molar refractivity (Wildman–Crippen MR) is 187 cm³/mol. The number of alkyl carbamates (subject to hydrolysis) is 1. The molecule has 3 amide bonds. The van der Waals surface area contributed by atoms with E-state index < -0.39 is 53.2 Å². The molecule has 0 aliphatic heterocycles. The molecule has 1 aliphatic rings. The van der Waals surface area contributed by atoms with Crippen LogP contribution in [0.4, 0.5) is 4.79 Å². The number of carbonyl (C=O) groups is 4. The highest BCUT2D eigenvalue weighted by molar-refractivity contribution is 5.94. The van der Waals surface area contributed by atoms with E-state index in [9.17, 15) is 24.3 Å². The molecule has 1 saturated carbocycles. The Bertz CT molecular complexity index is 1590. The Balaban J connectivity index is 1.73. The van der Waals surface area contributed by atoms with Crippen molar-refractivity contribution in [2.45, 2.75) is 110 Å². The minimum atomic E-state index is -1.12. The monoisotopic (exact) mass is 671 g/mol. The molecular weight excluding hydrogens is 622 g/mol. The fourth-order valence-electron chi connectivity index (χ4n) is 5.42. The van der Waals surface area contributed by atoms with Gasteiger partial charge in [0.1, 0.15) is 35.1 Å². The van der Waals surface area contributed by atoms with Crippen LogP contribution in [0.1, 0.15) is 82.7 Å². The zero-order valence-electron chi connectivity index (χ0n) is 29.5. The number of aromatic hydroxyl groups is 1. The summed E-state index contributed by atoms with van der Waals surface area (Å²) in [7, 11) is 0. The van der Waals surface area contributed by atoms with Crippen molar-refractivity contribution in [3.63, 3.8) is 0 Å². The lowest BCUT2D eigenvalue weighted by molar-refractivity contribution is -0.159. The van der Waals surface area contributed by atoms with Gasteiger partial charge in [-0.25, -0.2) is 9.59 Å². The smallest absolute Gasteiger partial charge is 0.408 e. The number of carbonyl (C=O) groups excluding carboxylic acids is 4. The van der Waals surface area contributed by atoms with Crippen molar-refractivity contribution < 1.29 is 33.8 Å². The number of benzene rings is 3. The van der Waals surface area contributed by atoms with Gasteiger partial charge in [-0.2, -0.15) is 0 Å². The van der Waals surface area contributed by atoms with Crippen LogP contribution < -0.4 is 10.6 Å². The Morgan fingerprint density at radius 3 is 1.86 bits per heavy atom. The number of phenolic OH excluding ortho intramolecular Hbond substituents is 1. The first kappa shape index (κ1) is 37.0. The molecule has 0 heterocycles. The number of amides is 3. The third kappa shape index (κ3) is 11.4. The van der Waals surface area contributed by atoms with Crippen molar-refractivity contribution >= 4 is 23.9 Å². The molecule has 3 N–H and O–H groups in total.